The maximum atomic E-state index is 11.6. The van der Waals surface area contributed by atoms with Gasteiger partial charge in [-0.05, 0) is 32.7 Å². The Kier molecular flexibility index (Phi) is 2.88. The van der Waals surface area contributed by atoms with Crippen molar-refractivity contribution in [3.05, 3.63) is 0 Å². The van der Waals surface area contributed by atoms with Gasteiger partial charge in [0, 0.05) is 6.54 Å². The largest absolute Gasteiger partial charge is 0.301 e. The Morgan fingerprint density at radius 3 is 2.79 bits per heavy atom. The average molecular weight is 196 g/mol. The smallest absolute Gasteiger partial charge is 0.147 e. The monoisotopic (exact) mass is 196 g/mol. The SMILES string of the molecule is CC(=O)C1C2CCCCC(NC2)N1C. The number of fused-ring (bicyclic) bond motifs is 5. The Labute approximate surface area is 85.8 Å². The van der Waals surface area contributed by atoms with Crippen molar-refractivity contribution in [3.63, 3.8) is 0 Å². The Balaban J connectivity index is 2.18. The van der Waals surface area contributed by atoms with E-state index in [0.29, 0.717) is 17.9 Å². The minimum absolute atomic E-state index is 0.168. The zero-order valence-corrected chi connectivity index (χ0v) is 9.12. The maximum Gasteiger partial charge on any atom is 0.147 e. The van der Waals surface area contributed by atoms with Crippen LogP contribution in [0.5, 0.6) is 0 Å². The molecule has 2 bridgehead atoms. The quantitative estimate of drug-likeness (QED) is 0.679. The highest BCUT2D eigenvalue weighted by atomic mass is 16.1. The molecule has 3 aliphatic heterocycles. The molecule has 0 amide bonds. The highest BCUT2D eigenvalue weighted by Crippen LogP contribution is 2.28. The number of Topliss-reactive ketones (excluding diaryl/α,β-unsaturated/α-hetero) is 1. The summed E-state index contributed by atoms with van der Waals surface area (Å²) in [5.41, 5.74) is 0. The summed E-state index contributed by atoms with van der Waals surface area (Å²) in [5, 5.41) is 3.53. The highest BCUT2D eigenvalue weighted by molar-refractivity contribution is 5.82. The number of nitrogens with one attached hydrogen (secondary N) is 1. The molecule has 3 nitrogen and oxygen atoms in total. The van der Waals surface area contributed by atoms with Gasteiger partial charge >= 0.3 is 0 Å². The third-order valence-electron chi connectivity index (χ3n) is 3.71. The number of carbonyl (C=O) groups is 1. The van der Waals surface area contributed by atoms with Gasteiger partial charge in [0.1, 0.15) is 5.78 Å². The summed E-state index contributed by atoms with van der Waals surface area (Å²) in [7, 11) is 2.08. The van der Waals surface area contributed by atoms with Gasteiger partial charge in [0.2, 0.25) is 0 Å². The summed E-state index contributed by atoms with van der Waals surface area (Å²) in [6, 6.07) is 0.168. The highest BCUT2D eigenvalue weighted by Gasteiger charge is 2.38. The van der Waals surface area contributed by atoms with Crippen molar-refractivity contribution in [2.24, 2.45) is 5.92 Å². The van der Waals surface area contributed by atoms with Gasteiger partial charge in [-0.15, -0.1) is 0 Å². The normalized spacial score (nSPS) is 39.1. The fourth-order valence-corrected chi connectivity index (χ4v) is 3.00. The second-order valence-corrected chi connectivity index (χ2v) is 4.69. The van der Waals surface area contributed by atoms with Gasteiger partial charge in [0.15, 0.2) is 0 Å². The van der Waals surface area contributed by atoms with Crippen LogP contribution in [0.3, 0.4) is 0 Å². The van der Waals surface area contributed by atoms with Gasteiger partial charge in [-0.3, -0.25) is 9.69 Å². The molecule has 0 radical (unpaired) electrons. The lowest BCUT2D eigenvalue weighted by atomic mass is 9.84. The second kappa shape index (κ2) is 3.99. The molecule has 80 valence electrons. The third-order valence-corrected chi connectivity index (χ3v) is 3.71. The zero-order valence-electron chi connectivity index (χ0n) is 9.12. The van der Waals surface area contributed by atoms with E-state index in [9.17, 15) is 4.79 Å². The Hall–Kier alpha value is -0.410. The van der Waals surface area contributed by atoms with Crippen molar-refractivity contribution >= 4 is 5.78 Å². The first-order chi connectivity index (χ1) is 6.70. The molecule has 3 aliphatic rings. The number of rotatable bonds is 1. The zero-order chi connectivity index (χ0) is 10.1. The minimum atomic E-state index is 0.168. The van der Waals surface area contributed by atoms with Crippen LogP contribution in [-0.2, 0) is 4.79 Å². The maximum absolute atomic E-state index is 11.6. The van der Waals surface area contributed by atoms with E-state index in [1.54, 1.807) is 6.92 Å². The standard InChI is InChI=1S/C11H20N2O/c1-8(14)11-9-5-3-4-6-10(12-7-9)13(11)2/h9-12H,3-7H2,1-2H3. The first-order valence-corrected chi connectivity index (χ1v) is 5.66. The van der Waals surface area contributed by atoms with Crippen LogP contribution in [0.25, 0.3) is 0 Å². The Bertz CT molecular complexity index is 223. The van der Waals surface area contributed by atoms with E-state index in [1.807, 2.05) is 0 Å². The predicted octanol–water partition coefficient (Wildman–Crippen LogP) is 0.995. The number of nitrogens with zero attached hydrogens (tertiary/aromatic N) is 1. The molecule has 0 aromatic carbocycles. The van der Waals surface area contributed by atoms with Crippen LogP contribution in [0.4, 0.5) is 0 Å². The van der Waals surface area contributed by atoms with Gasteiger partial charge in [-0.2, -0.15) is 0 Å². The number of likely N-dealkylation sites (N-methyl/N-ethyl adjacent to an activating group) is 1. The molecule has 3 saturated heterocycles. The lowest BCUT2D eigenvalue weighted by Gasteiger charge is -2.45. The van der Waals surface area contributed by atoms with E-state index in [2.05, 4.69) is 17.3 Å². The molecule has 3 unspecified atom stereocenters. The molecule has 0 aromatic rings. The molecule has 3 fully saturated rings. The summed E-state index contributed by atoms with van der Waals surface area (Å²) in [6.45, 7) is 2.76. The van der Waals surface area contributed by atoms with Crippen LogP contribution < -0.4 is 5.32 Å². The van der Waals surface area contributed by atoms with Gasteiger partial charge in [0.25, 0.3) is 0 Å². The van der Waals surface area contributed by atoms with E-state index < -0.39 is 0 Å². The summed E-state index contributed by atoms with van der Waals surface area (Å²) in [4.78, 5) is 13.8. The van der Waals surface area contributed by atoms with Crippen molar-refractivity contribution in [2.45, 2.75) is 44.8 Å². The summed E-state index contributed by atoms with van der Waals surface area (Å²) >= 11 is 0. The number of hydrogen-bond donors (Lipinski definition) is 1. The number of hydrogen-bond acceptors (Lipinski definition) is 3. The molecular weight excluding hydrogens is 176 g/mol. The van der Waals surface area contributed by atoms with Gasteiger partial charge in [-0.25, -0.2) is 0 Å². The molecule has 0 aliphatic carbocycles. The fourth-order valence-electron chi connectivity index (χ4n) is 3.00. The van der Waals surface area contributed by atoms with Gasteiger partial charge in [0.05, 0.1) is 12.2 Å². The topological polar surface area (TPSA) is 32.3 Å². The molecule has 0 saturated carbocycles. The molecule has 3 rings (SSSR count). The van der Waals surface area contributed by atoms with Crippen molar-refractivity contribution < 1.29 is 4.79 Å². The van der Waals surface area contributed by atoms with E-state index >= 15 is 0 Å². The van der Waals surface area contributed by atoms with Gasteiger partial charge < -0.3 is 5.32 Å². The first-order valence-electron chi connectivity index (χ1n) is 5.66. The molecule has 3 atom stereocenters. The van der Waals surface area contributed by atoms with Crippen LogP contribution in [-0.4, -0.2) is 36.5 Å². The van der Waals surface area contributed by atoms with Gasteiger partial charge in [-0.1, -0.05) is 12.8 Å². The van der Waals surface area contributed by atoms with Crippen molar-refractivity contribution in [3.8, 4) is 0 Å². The van der Waals surface area contributed by atoms with Crippen molar-refractivity contribution in [1.29, 1.82) is 0 Å². The molecule has 14 heavy (non-hydrogen) atoms. The molecule has 1 N–H and O–H groups in total. The summed E-state index contributed by atoms with van der Waals surface area (Å²) in [5.74, 6) is 0.875. The minimum Gasteiger partial charge on any atom is -0.301 e. The second-order valence-electron chi connectivity index (χ2n) is 4.69. The van der Waals surface area contributed by atoms with Crippen LogP contribution in [0.15, 0.2) is 0 Å². The molecule has 0 spiro atoms. The predicted molar refractivity (Wildman–Crippen MR) is 56.0 cm³/mol. The molecule has 3 heterocycles. The van der Waals surface area contributed by atoms with E-state index in [4.69, 9.17) is 0 Å². The third kappa shape index (κ3) is 1.71. The summed E-state index contributed by atoms with van der Waals surface area (Å²) in [6.07, 6.45) is 5.41. The summed E-state index contributed by atoms with van der Waals surface area (Å²) < 4.78 is 0. The Morgan fingerprint density at radius 1 is 1.36 bits per heavy atom. The van der Waals surface area contributed by atoms with Crippen LogP contribution in [0.2, 0.25) is 0 Å². The lowest BCUT2D eigenvalue weighted by molar-refractivity contribution is -0.127. The fraction of sp³-hybridized carbons (Fsp3) is 0.909. The molecule has 0 aromatic heterocycles. The average Bonchev–Trinajstić information content (AvgIpc) is 2.06. The first kappa shape index (κ1) is 10.1. The molecule has 3 heteroatoms. The molecular formula is C11H20N2O. The van der Waals surface area contributed by atoms with E-state index in [-0.39, 0.29) is 6.04 Å². The number of carbonyl (C=O) groups excluding carboxylic acids is 1. The number of ketones is 1. The van der Waals surface area contributed by atoms with E-state index in [1.165, 1.54) is 25.7 Å². The van der Waals surface area contributed by atoms with Crippen molar-refractivity contribution in [2.75, 3.05) is 13.6 Å². The lowest BCUT2D eigenvalue weighted by Crippen LogP contribution is -2.61. The van der Waals surface area contributed by atoms with Crippen molar-refractivity contribution in [1.82, 2.24) is 10.2 Å². The van der Waals surface area contributed by atoms with Crippen LogP contribution in [0.1, 0.15) is 32.6 Å². The van der Waals surface area contributed by atoms with E-state index in [0.717, 1.165) is 6.54 Å². The Morgan fingerprint density at radius 2 is 2.07 bits per heavy atom. The van der Waals surface area contributed by atoms with Crippen LogP contribution in [0, 0.1) is 5.92 Å². The van der Waals surface area contributed by atoms with Crippen LogP contribution >= 0.6 is 0 Å².